The van der Waals surface area contributed by atoms with Gasteiger partial charge in [-0.25, -0.2) is 9.37 Å². The van der Waals surface area contributed by atoms with Gasteiger partial charge in [0.15, 0.2) is 0 Å². The van der Waals surface area contributed by atoms with Crippen molar-refractivity contribution in [2.24, 2.45) is 0 Å². The zero-order valence-corrected chi connectivity index (χ0v) is 18.6. The van der Waals surface area contributed by atoms with Gasteiger partial charge in [-0.1, -0.05) is 23.7 Å². The molecule has 0 spiro atoms. The van der Waals surface area contributed by atoms with E-state index in [1.807, 2.05) is 55.6 Å². The molecule has 2 heterocycles. The van der Waals surface area contributed by atoms with E-state index in [0.29, 0.717) is 22.0 Å². The molecule has 1 N–H and O–H groups in total. The van der Waals surface area contributed by atoms with Gasteiger partial charge in [0.1, 0.15) is 11.5 Å². The van der Waals surface area contributed by atoms with E-state index in [-0.39, 0.29) is 18.1 Å². The first-order valence-electron chi connectivity index (χ1n) is 10.0. The average molecular weight is 436 g/mol. The second-order valence-electron chi connectivity index (χ2n) is 7.97. The van der Waals surface area contributed by atoms with Gasteiger partial charge in [0.2, 0.25) is 5.91 Å². The largest absolute Gasteiger partial charge is 0.324 e. The smallest absolute Gasteiger partial charge is 0.230 e. The molecule has 0 bridgehead atoms. The lowest BCUT2D eigenvalue weighted by atomic mass is 10.1. The molecule has 4 aromatic rings. The van der Waals surface area contributed by atoms with Crippen molar-refractivity contribution in [2.75, 3.05) is 5.32 Å². The number of benzene rings is 2. The Morgan fingerprint density at radius 3 is 2.52 bits per heavy atom. The minimum atomic E-state index is -0.271. The van der Waals surface area contributed by atoms with Crippen molar-refractivity contribution in [1.29, 1.82) is 0 Å². The second kappa shape index (κ2) is 8.16. The number of rotatable bonds is 4. The summed E-state index contributed by atoms with van der Waals surface area (Å²) in [5.41, 5.74) is 7.03. The summed E-state index contributed by atoms with van der Waals surface area (Å²) in [5.74, 6) is -0.468. The summed E-state index contributed by atoms with van der Waals surface area (Å²) >= 11 is 6.37. The van der Waals surface area contributed by atoms with Crippen molar-refractivity contribution >= 4 is 28.8 Å². The molecular weight excluding hydrogens is 413 g/mol. The Labute approximate surface area is 185 Å². The van der Waals surface area contributed by atoms with Gasteiger partial charge >= 0.3 is 0 Å². The number of fused-ring (bicyclic) bond motifs is 1. The molecule has 2 aromatic heterocycles. The third-order valence-electron chi connectivity index (χ3n) is 5.32. The monoisotopic (exact) mass is 435 g/mol. The number of halogens is 2. The molecule has 4 nitrogen and oxygen atoms in total. The molecule has 1 amide bonds. The normalized spacial score (nSPS) is 11.2. The number of hydrogen-bond acceptors (Lipinski definition) is 2. The lowest BCUT2D eigenvalue weighted by Gasteiger charge is -2.12. The molecule has 158 valence electrons. The highest BCUT2D eigenvalue weighted by atomic mass is 35.5. The fraction of sp³-hybridized carbons (Fsp3) is 0.200. The van der Waals surface area contributed by atoms with Crippen LogP contribution in [0.15, 0.2) is 48.7 Å². The number of carbonyl (C=O) groups excluding carboxylic acids is 1. The molecule has 31 heavy (non-hydrogen) atoms. The molecular formula is C25H23ClFN3O. The number of aryl methyl sites for hydroxylation is 4. The van der Waals surface area contributed by atoms with E-state index < -0.39 is 0 Å². The lowest BCUT2D eigenvalue weighted by Crippen LogP contribution is -2.17. The predicted molar refractivity (Wildman–Crippen MR) is 123 cm³/mol. The number of carbonyl (C=O) groups is 1. The van der Waals surface area contributed by atoms with Crippen molar-refractivity contribution in [2.45, 2.75) is 34.1 Å². The molecule has 0 aliphatic heterocycles. The molecule has 0 saturated carbocycles. The Kier molecular flexibility index (Phi) is 5.54. The van der Waals surface area contributed by atoms with Crippen molar-refractivity contribution < 1.29 is 9.18 Å². The van der Waals surface area contributed by atoms with E-state index in [1.54, 1.807) is 19.1 Å². The molecule has 0 saturated heterocycles. The topological polar surface area (TPSA) is 46.4 Å². The van der Waals surface area contributed by atoms with Gasteiger partial charge in [-0.15, -0.1) is 0 Å². The number of nitrogens with one attached hydrogen (secondary N) is 1. The number of nitrogens with zero attached hydrogens (tertiary/aromatic N) is 2. The van der Waals surface area contributed by atoms with E-state index in [0.717, 1.165) is 33.6 Å². The van der Waals surface area contributed by atoms with Crippen LogP contribution in [0, 0.1) is 33.5 Å². The number of aromatic nitrogens is 2. The maximum absolute atomic E-state index is 13.8. The average Bonchev–Trinajstić information content (AvgIpc) is 3.04. The fourth-order valence-corrected chi connectivity index (χ4v) is 4.17. The Balaban J connectivity index is 1.76. The minimum Gasteiger partial charge on any atom is -0.324 e. The van der Waals surface area contributed by atoms with Crippen LogP contribution in [-0.2, 0) is 11.2 Å². The first-order chi connectivity index (χ1) is 14.7. The molecule has 0 aliphatic carbocycles. The summed E-state index contributed by atoms with van der Waals surface area (Å²) in [4.78, 5) is 17.8. The van der Waals surface area contributed by atoms with Crippen LogP contribution in [0.4, 0.5) is 10.1 Å². The zero-order valence-electron chi connectivity index (χ0n) is 17.9. The molecule has 4 rings (SSSR count). The van der Waals surface area contributed by atoms with Crippen LogP contribution < -0.4 is 5.32 Å². The molecule has 0 fully saturated rings. The molecule has 2 aromatic carbocycles. The highest BCUT2D eigenvalue weighted by Gasteiger charge is 2.19. The maximum Gasteiger partial charge on any atom is 0.230 e. The predicted octanol–water partition coefficient (Wildman–Crippen LogP) is 6.21. The summed E-state index contributed by atoms with van der Waals surface area (Å²) in [6.07, 6.45) is 2.05. The quantitative estimate of drug-likeness (QED) is 0.414. The molecule has 0 aliphatic rings. The molecule has 0 unspecified atom stereocenters. The van der Waals surface area contributed by atoms with Crippen LogP contribution in [0.1, 0.15) is 27.9 Å². The number of hydrogen-bond donors (Lipinski definition) is 1. The van der Waals surface area contributed by atoms with Crippen molar-refractivity contribution in [1.82, 2.24) is 9.38 Å². The molecule has 0 radical (unpaired) electrons. The van der Waals surface area contributed by atoms with Crippen LogP contribution in [0.3, 0.4) is 0 Å². The summed E-state index contributed by atoms with van der Waals surface area (Å²) in [5, 5.41) is 3.46. The van der Waals surface area contributed by atoms with Gasteiger partial charge in [0, 0.05) is 11.8 Å². The summed E-state index contributed by atoms with van der Waals surface area (Å²) in [6, 6.07) is 12.6. The third kappa shape index (κ3) is 4.19. The third-order valence-corrected chi connectivity index (χ3v) is 5.62. The van der Waals surface area contributed by atoms with Crippen LogP contribution in [0.2, 0.25) is 5.02 Å². The number of pyridine rings is 1. The van der Waals surface area contributed by atoms with Crippen LogP contribution in [0.25, 0.3) is 16.9 Å². The van der Waals surface area contributed by atoms with E-state index in [4.69, 9.17) is 16.6 Å². The molecule has 0 atom stereocenters. The van der Waals surface area contributed by atoms with Gasteiger partial charge < -0.3 is 9.72 Å². The van der Waals surface area contributed by atoms with Gasteiger partial charge in [-0.3, -0.25) is 4.79 Å². The Bertz CT molecular complexity index is 1300. The van der Waals surface area contributed by atoms with Crippen LogP contribution in [0.5, 0.6) is 0 Å². The standard InChI is InChI=1S/C25H23ClFN3O/c1-14-5-8-22-28-25(18-6-7-20(27)16(3)11-18)21(30(22)13-14)12-23(31)29-24-17(4)9-15(2)10-19(24)26/h5-11,13H,12H2,1-4H3,(H,29,31). The highest BCUT2D eigenvalue weighted by molar-refractivity contribution is 6.34. The number of imidazole rings is 1. The maximum atomic E-state index is 13.8. The Hall–Kier alpha value is -3.18. The van der Waals surface area contributed by atoms with Gasteiger partial charge in [-0.2, -0.15) is 0 Å². The van der Waals surface area contributed by atoms with Gasteiger partial charge in [0.05, 0.1) is 28.5 Å². The first-order valence-corrected chi connectivity index (χ1v) is 10.4. The first kappa shape index (κ1) is 21.1. The summed E-state index contributed by atoms with van der Waals surface area (Å²) < 4.78 is 15.7. The van der Waals surface area contributed by atoms with Crippen LogP contribution in [-0.4, -0.2) is 15.3 Å². The van der Waals surface area contributed by atoms with Gasteiger partial charge in [-0.05, 0) is 80.3 Å². The second-order valence-corrected chi connectivity index (χ2v) is 8.38. The lowest BCUT2D eigenvalue weighted by molar-refractivity contribution is -0.115. The summed E-state index contributed by atoms with van der Waals surface area (Å²) in [6.45, 7) is 7.58. The van der Waals surface area contributed by atoms with Crippen molar-refractivity contribution in [3.8, 4) is 11.3 Å². The molecule has 6 heteroatoms. The fourth-order valence-electron chi connectivity index (χ4n) is 3.80. The Morgan fingerprint density at radius 2 is 1.81 bits per heavy atom. The van der Waals surface area contributed by atoms with Gasteiger partial charge in [0.25, 0.3) is 0 Å². The zero-order chi connectivity index (χ0) is 22.3. The minimum absolute atomic E-state index is 0.0972. The van der Waals surface area contributed by atoms with Crippen molar-refractivity contribution in [3.05, 3.63) is 87.4 Å². The van der Waals surface area contributed by atoms with E-state index in [1.165, 1.54) is 6.07 Å². The van der Waals surface area contributed by atoms with Crippen LogP contribution >= 0.6 is 11.6 Å². The SMILES string of the molecule is Cc1cc(C)c(NC(=O)Cc2c(-c3ccc(F)c(C)c3)nc3ccc(C)cn23)c(Cl)c1. The van der Waals surface area contributed by atoms with E-state index in [9.17, 15) is 9.18 Å². The number of amides is 1. The van der Waals surface area contributed by atoms with E-state index >= 15 is 0 Å². The Morgan fingerprint density at radius 1 is 1.03 bits per heavy atom. The number of anilines is 1. The van der Waals surface area contributed by atoms with Crippen molar-refractivity contribution in [3.63, 3.8) is 0 Å². The van der Waals surface area contributed by atoms with E-state index in [2.05, 4.69) is 5.32 Å². The highest BCUT2D eigenvalue weighted by Crippen LogP contribution is 2.30. The summed E-state index contributed by atoms with van der Waals surface area (Å²) in [7, 11) is 0.